The molecule has 0 spiro atoms. The van der Waals surface area contributed by atoms with Crippen LogP contribution in [0.4, 0.5) is 0 Å². The van der Waals surface area contributed by atoms with Crippen LogP contribution in [-0.2, 0) is 6.54 Å². The van der Waals surface area contributed by atoms with Gasteiger partial charge in [0.05, 0.1) is 18.4 Å². The maximum absolute atomic E-state index is 12.6. The topological polar surface area (TPSA) is 61.6 Å². The molecular weight excluding hydrogens is 268 g/mol. The number of aryl methyl sites for hydroxylation is 1. The number of piperazine rings is 1. The lowest BCUT2D eigenvalue weighted by Crippen LogP contribution is -2.49. The molecule has 0 saturated carbocycles. The summed E-state index contributed by atoms with van der Waals surface area (Å²) in [4.78, 5) is 16.6. The van der Waals surface area contributed by atoms with Crippen molar-refractivity contribution in [2.24, 2.45) is 0 Å². The molecular formula is C15H26N4O2. The zero-order valence-electron chi connectivity index (χ0n) is 13.1. The highest BCUT2D eigenvalue weighted by atomic mass is 16.3. The molecule has 1 fully saturated rings. The van der Waals surface area contributed by atoms with E-state index >= 15 is 0 Å². The first-order valence-electron chi connectivity index (χ1n) is 7.82. The minimum atomic E-state index is 0.0823. The van der Waals surface area contributed by atoms with Crippen molar-refractivity contribution < 1.29 is 9.90 Å². The predicted octanol–water partition coefficient (Wildman–Crippen LogP) is 0.742. The fourth-order valence-electron chi connectivity index (χ4n) is 2.68. The van der Waals surface area contributed by atoms with Gasteiger partial charge >= 0.3 is 0 Å². The van der Waals surface area contributed by atoms with Crippen LogP contribution in [0.3, 0.4) is 0 Å². The van der Waals surface area contributed by atoms with Crippen molar-refractivity contribution in [2.45, 2.75) is 33.2 Å². The largest absolute Gasteiger partial charge is 0.395 e. The third-order valence-corrected chi connectivity index (χ3v) is 4.13. The SMILES string of the molecule is CCCCn1ncc(C(=O)N2CCN(CCO)CC2)c1C. The predicted molar refractivity (Wildman–Crippen MR) is 81.3 cm³/mol. The molecule has 1 saturated heterocycles. The summed E-state index contributed by atoms with van der Waals surface area (Å²) in [6, 6.07) is 0. The highest BCUT2D eigenvalue weighted by molar-refractivity contribution is 5.95. The van der Waals surface area contributed by atoms with E-state index < -0.39 is 0 Å². The normalized spacial score (nSPS) is 16.4. The lowest BCUT2D eigenvalue weighted by atomic mass is 10.2. The number of aliphatic hydroxyl groups is 1. The van der Waals surface area contributed by atoms with Gasteiger partial charge in [-0.15, -0.1) is 0 Å². The molecule has 1 N–H and O–H groups in total. The van der Waals surface area contributed by atoms with E-state index in [4.69, 9.17) is 5.11 Å². The number of nitrogens with zero attached hydrogens (tertiary/aromatic N) is 4. The van der Waals surface area contributed by atoms with Crippen molar-refractivity contribution in [3.05, 3.63) is 17.5 Å². The summed E-state index contributed by atoms with van der Waals surface area (Å²) in [6.07, 6.45) is 3.90. The summed E-state index contributed by atoms with van der Waals surface area (Å²) in [5, 5.41) is 13.3. The van der Waals surface area contributed by atoms with E-state index in [1.165, 1.54) is 0 Å². The number of unbranched alkanes of at least 4 members (excludes halogenated alkanes) is 1. The minimum Gasteiger partial charge on any atom is -0.395 e. The molecule has 0 aromatic carbocycles. The van der Waals surface area contributed by atoms with Crippen LogP contribution in [0.25, 0.3) is 0 Å². The molecule has 0 bridgehead atoms. The minimum absolute atomic E-state index is 0.0823. The van der Waals surface area contributed by atoms with Crippen LogP contribution in [0.2, 0.25) is 0 Å². The summed E-state index contributed by atoms with van der Waals surface area (Å²) in [7, 11) is 0. The van der Waals surface area contributed by atoms with E-state index in [0.717, 1.165) is 56.8 Å². The molecule has 2 heterocycles. The summed E-state index contributed by atoms with van der Waals surface area (Å²) in [5.74, 6) is 0.0823. The quantitative estimate of drug-likeness (QED) is 0.841. The van der Waals surface area contributed by atoms with Gasteiger partial charge in [-0.25, -0.2) is 0 Å². The summed E-state index contributed by atoms with van der Waals surface area (Å²) >= 11 is 0. The summed E-state index contributed by atoms with van der Waals surface area (Å²) < 4.78 is 1.93. The number of aromatic nitrogens is 2. The lowest BCUT2D eigenvalue weighted by molar-refractivity contribution is 0.0614. The van der Waals surface area contributed by atoms with Gasteiger partial charge in [-0.3, -0.25) is 14.4 Å². The monoisotopic (exact) mass is 294 g/mol. The zero-order valence-corrected chi connectivity index (χ0v) is 13.1. The Morgan fingerprint density at radius 2 is 2.00 bits per heavy atom. The van der Waals surface area contributed by atoms with Crippen LogP contribution in [-0.4, -0.2) is 69.9 Å². The number of hydrogen-bond donors (Lipinski definition) is 1. The highest BCUT2D eigenvalue weighted by Gasteiger charge is 2.24. The van der Waals surface area contributed by atoms with Crippen molar-refractivity contribution >= 4 is 5.91 Å². The zero-order chi connectivity index (χ0) is 15.2. The second-order valence-electron chi connectivity index (χ2n) is 5.58. The molecule has 118 valence electrons. The van der Waals surface area contributed by atoms with E-state index in [1.54, 1.807) is 6.20 Å². The van der Waals surface area contributed by atoms with Crippen LogP contribution < -0.4 is 0 Å². The number of amides is 1. The van der Waals surface area contributed by atoms with Gasteiger partial charge in [0.15, 0.2) is 0 Å². The first-order chi connectivity index (χ1) is 10.2. The van der Waals surface area contributed by atoms with Gasteiger partial charge in [-0.1, -0.05) is 13.3 Å². The Morgan fingerprint density at radius 3 is 2.62 bits per heavy atom. The summed E-state index contributed by atoms with van der Waals surface area (Å²) in [6.45, 7) is 8.96. The Balaban J connectivity index is 1.96. The molecule has 1 aliphatic heterocycles. The fraction of sp³-hybridized carbons (Fsp3) is 0.733. The molecule has 21 heavy (non-hydrogen) atoms. The summed E-state index contributed by atoms with van der Waals surface area (Å²) in [5.41, 5.74) is 1.69. The van der Waals surface area contributed by atoms with Gasteiger partial charge in [0.2, 0.25) is 0 Å². The molecule has 2 rings (SSSR count). The highest BCUT2D eigenvalue weighted by Crippen LogP contribution is 2.13. The van der Waals surface area contributed by atoms with Crippen LogP contribution in [0.15, 0.2) is 6.20 Å². The Bertz CT molecular complexity index is 464. The molecule has 6 nitrogen and oxygen atoms in total. The van der Waals surface area contributed by atoms with Crippen LogP contribution in [0.1, 0.15) is 35.8 Å². The van der Waals surface area contributed by atoms with Gasteiger partial charge in [-0.05, 0) is 13.3 Å². The van der Waals surface area contributed by atoms with Crippen molar-refractivity contribution in [3.63, 3.8) is 0 Å². The van der Waals surface area contributed by atoms with E-state index in [1.807, 2.05) is 16.5 Å². The average Bonchev–Trinajstić information content (AvgIpc) is 2.86. The number of hydrogen-bond acceptors (Lipinski definition) is 4. The van der Waals surface area contributed by atoms with Gasteiger partial charge in [0.1, 0.15) is 0 Å². The molecule has 6 heteroatoms. The van der Waals surface area contributed by atoms with Crippen LogP contribution in [0, 0.1) is 6.92 Å². The second-order valence-corrected chi connectivity index (χ2v) is 5.58. The standard InChI is InChI=1S/C15H26N4O2/c1-3-4-5-19-13(2)14(12-16-19)15(21)18-8-6-17(7-9-18)10-11-20/h12,20H,3-11H2,1-2H3. The molecule has 0 radical (unpaired) electrons. The van der Waals surface area contributed by atoms with Crippen LogP contribution in [0.5, 0.6) is 0 Å². The fourth-order valence-corrected chi connectivity index (χ4v) is 2.68. The van der Waals surface area contributed by atoms with Gasteiger partial charge < -0.3 is 10.0 Å². The van der Waals surface area contributed by atoms with Gasteiger partial charge in [-0.2, -0.15) is 5.10 Å². The number of β-amino-alcohol motifs (C(OH)–C–C–N with tert-alkyl or cyclic N) is 1. The van der Waals surface area contributed by atoms with E-state index in [0.29, 0.717) is 6.54 Å². The maximum atomic E-state index is 12.6. The molecule has 1 aromatic heterocycles. The van der Waals surface area contributed by atoms with Crippen molar-refractivity contribution in [1.29, 1.82) is 0 Å². The molecule has 1 amide bonds. The molecule has 1 aliphatic rings. The van der Waals surface area contributed by atoms with Gasteiger partial charge in [0, 0.05) is 45.0 Å². The first-order valence-corrected chi connectivity index (χ1v) is 7.82. The number of carbonyl (C=O) groups excluding carboxylic acids is 1. The Morgan fingerprint density at radius 1 is 1.29 bits per heavy atom. The van der Waals surface area contributed by atoms with E-state index in [2.05, 4.69) is 16.9 Å². The van der Waals surface area contributed by atoms with Crippen molar-refractivity contribution in [3.8, 4) is 0 Å². The molecule has 0 unspecified atom stereocenters. The molecule has 0 atom stereocenters. The Kier molecular flexibility index (Phi) is 5.76. The maximum Gasteiger partial charge on any atom is 0.257 e. The van der Waals surface area contributed by atoms with Crippen LogP contribution >= 0.6 is 0 Å². The Hall–Kier alpha value is -1.40. The third kappa shape index (κ3) is 3.83. The lowest BCUT2D eigenvalue weighted by Gasteiger charge is -2.34. The molecule has 1 aromatic rings. The first kappa shape index (κ1) is 16.0. The van der Waals surface area contributed by atoms with Gasteiger partial charge in [0.25, 0.3) is 5.91 Å². The third-order valence-electron chi connectivity index (χ3n) is 4.13. The Labute approximate surface area is 126 Å². The number of aliphatic hydroxyl groups excluding tert-OH is 1. The van der Waals surface area contributed by atoms with E-state index in [9.17, 15) is 4.79 Å². The second kappa shape index (κ2) is 7.56. The smallest absolute Gasteiger partial charge is 0.257 e. The van der Waals surface area contributed by atoms with Crippen molar-refractivity contribution in [2.75, 3.05) is 39.3 Å². The van der Waals surface area contributed by atoms with Crippen molar-refractivity contribution in [1.82, 2.24) is 19.6 Å². The number of carbonyl (C=O) groups is 1. The number of rotatable bonds is 6. The molecule has 0 aliphatic carbocycles. The average molecular weight is 294 g/mol. The van der Waals surface area contributed by atoms with E-state index in [-0.39, 0.29) is 12.5 Å².